The summed E-state index contributed by atoms with van der Waals surface area (Å²) in [6, 6.07) is 20.0. The minimum absolute atomic E-state index is 0.181. The summed E-state index contributed by atoms with van der Waals surface area (Å²) in [6.07, 6.45) is 4.85. The number of allylic oxidation sites excluding steroid dienone is 1. The predicted molar refractivity (Wildman–Crippen MR) is 118 cm³/mol. The summed E-state index contributed by atoms with van der Waals surface area (Å²) in [5, 5.41) is 0. The first kappa shape index (κ1) is 20.1. The van der Waals surface area contributed by atoms with Crippen LogP contribution in [0, 0.1) is 5.82 Å². The molecular weight excluding hydrogens is 395 g/mol. The summed E-state index contributed by atoms with van der Waals surface area (Å²) in [6.45, 7) is 0. The van der Waals surface area contributed by atoms with Crippen LogP contribution in [0.3, 0.4) is 0 Å². The molecule has 0 amide bonds. The normalized spacial score (nSPS) is 11.0. The highest BCUT2D eigenvalue weighted by molar-refractivity contribution is 6.07. The fourth-order valence-corrected chi connectivity index (χ4v) is 3.16. The number of ketones is 1. The Bertz CT molecular complexity index is 1300. The molecule has 0 bridgehead atoms. The van der Waals surface area contributed by atoms with Gasteiger partial charge in [0.05, 0.1) is 18.5 Å². The molecule has 0 spiro atoms. The van der Waals surface area contributed by atoms with Crippen LogP contribution in [0.15, 0.2) is 89.9 Å². The average molecular weight is 414 g/mol. The molecule has 1 aromatic heterocycles. The number of halogens is 1. The van der Waals surface area contributed by atoms with Crippen LogP contribution in [0.1, 0.15) is 15.9 Å². The zero-order chi connectivity index (χ0) is 21.8. The molecule has 0 unspecified atom stereocenters. The number of hydrogen-bond donors (Lipinski definition) is 1. The highest BCUT2D eigenvalue weighted by Crippen LogP contribution is 2.19. The molecule has 6 heteroatoms. The number of benzene rings is 3. The first-order valence-electron chi connectivity index (χ1n) is 9.58. The first-order valence-corrected chi connectivity index (χ1v) is 9.58. The Morgan fingerprint density at radius 2 is 1.77 bits per heavy atom. The van der Waals surface area contributed by atoms with Crippen LogP contribution in [0.2, 0.25) is 0 Å². The van der Waals surface area contributed by atoms with Crippen LogP contribution in [-0.2, 0) is 0 Å². The topological polar surface area (TPSA) is 64.1 Å². The number of rotatable bonds is 6. The minimum Gasteiger partial charge on any atom is -0.497 e. The van der Waals surface area contributed by atoms with E-state index in [9.17, 15) is 14.0 Å². The Hall–Kier alpha value is -4.19. The maximum Gasteiger partial charge on any atom is 0.330 e. The van der Waals surface area contributed by atoms with Gasteiger partial charge in [0.2, 0.25) is 0 Å². The minimum atomic E-state index is -0.349. The quantitative estimate of drug-likeness (QED) is 0.361. The van der Waals surface area contributed by atoms with Gasteiger partial charge in [0.25, 0.3) is 0 Å². The number of nitrogens with one attached hydrogen (secondary N) is 1. The molecule has 0 aliphatic rings. The van der Waals surface area contributed by atoms with Crippen LogP contribution in [0.5, 0.6) is 5.75 Å². The lowest BCUT2D eigenvalue weighted by Gasteiger charge is -2.03. The molecule has 0 aliphatic carbocycles. The van der Waals surface area contributed by atoms with Crippen LogP contribution < -0.4 is 10.4 Å². The lowest BCUT2D eigenvalue weighted by atomic mass is 10.1. The summed E-state index contributed by atoms with van der Waals surface area (Å²) >= 11 is 0. The largest absolute Gasteiger partial charge is 0.497 e. The van der Waals surface area contributed by atoms with E-state index in [0.29, 0.717) is 22.5 Å². The number of H-pyrrole nitrogens is 1. The van der Waals surface area contributed by atoms with Crippen molar-refractivity contribution in [3.05, 3.63) is 112 Å². The molecule has 0 atom stereocenters. The second-order valence-corrected chi connectivity index (χ2v) is 6.87. The lowest BCUT2D eigenvalue weighted by molar-refractivity contribution is 0.104. The molecule has 154 valence electrons. The average Bonchev–Trinajstić information content (AvgIpc) is 3.20. The van der Waals surface area contributed by atoms with Crippen molar-refractivity contribution < 1.29 is 13.9 Å². The van der Waals surface area contributed by atoms with Gasteiger partial charge in [-0.15, -0.1) is 0 Å². The Balaban J connectivity index is 1.58. The van der Waals surface area contributed by atoms with E-state index in [0.717, 1.165) is 11.3 Å². The molecule has 0 saturated heterocycles. The van der Waals surface area contributed by atoms with E-state index in [1.165, 1.54) is 22.8 Å². The van der Waals surface area contributed by atoms with Crippen molar-refractivity contribution in [2.45, 2.75) is 0 Å². The van der Waals surface area contributed by atoms with E-state index in [1.54, 1.807) is 55.8 Å². The van der Waals surface area contributed by atoms with E-state index in [2.05, 4.69) is 4.98 Å². The van der Waals surface area contributed by atoms with Crippen molar-refractivity contribution >= 4 is 11.9 Å². The van der Waals surface area contributed by atoms with Crippen molar-refractivity contribution in [2.24, 2.45) is 0 Å². The summed E-state index contributed by atoms with van der Waals surface area (Å²) in [7, 11) is 1.60. The second kappa shape index (κ2) is 8.67. The summed E-state index contributed by atoms with van der Waals surface area (Å²) < 4.78 is 19.7. The summed E-state index contributed by atoms with van der Waals surface area (Å²) in [5.74, 6) is 0.215. The van der Waals surface area contributed by atoms with Gasteiger partial charge in [-0.3, -0.25) is 9.36 Å². The van der Waals surface area contributed by atoms with E-state index < -0.39 is 0 Å². The zero-order valence-corrected chi connectivity index (χ0v) is 16.7. The maximum absolute atomic E-state index is 13.2. The summed E-state index contributed by atoms with van der Waals surface area (Å²) in [4.78, 5) is 27.8. The Labute approximate surface area is 178 Å². The van der Waals surface area contributed by atoms with Crippen LogP contribution in [0.25, 0.3) is 23.0 Å². The predicted octanol–water partition coefficient (Wildman–Crippen LogP) is 4.88. The van der Waals surface area contributed by atoms with Gasteiger partial charge < -0.3 is 9.72 Å². The molecular formula is C25H19FN2O3. The van der Waals surface area contributed by atoms with E-state index >= 15 is 0 Å². The molecule has 3 aromatic carbocycles. The molecule has 31 heavy (non-hydrogen) atoms. The number of hydrogen-bond acceptors (Lipinski definition) is 3. The highest BCUT2D eigenvalue weighted by Gasteiger charge is 2.09. The summed E-state index contributed by atoms with van der Waals surface area (Å²) in [5.41, 5.74) is 2.78. The number of carbonyl (C=O) groups is 1. The van der Waals surface area contributed by atoms with Gasteiger partial charge in [-0.25, -0.2) is 9.18 Å². The van der Waals surface area contributed by atoms with Gasteiger partial charge in [-0.2, -0.15) is 0 Å². The van der Waals surface area contributed by atoms with Gasteiger partial charge in [-0.1, -0.05) is 30.3 Å². The van der Waals surface area contributed by atoms with Crippen molar-refractivity contribution in [2.75, 3.05) is 7.11 Å². The second-order valence-electron chi connectivity index (χ2n) is 6.87. The third-order valence-electron chi connectivity index (χ3n) is 4.83. The molecule has 0 radical (unpaired) electrons. The first-order chi connectivity index (χ1) is 15.0. The number of aromatic nitrogens is 2. The monoisotopic (exact) mass is 414 g/mol. The van der Waals surface area contributed by atoms with Crippen molar-refractivity contribution in [1.82, 2.24) is 9.55 Å². The third-order valence-corrected chi connectivity index (χ3v) is 4.83. The number of carbonyl (C=O) groups excluding carboxylic acids is 1. The Kier molecular flexibility index (Phi) is 5.62. The van der Waals surface area contributed by atoms with Gasteiger partial charge in [0.1, 0.15) is 11.6 Å². The highest BCUT2D eigenvalue weighted by atomic mass is 19.1. The third kappa shape index (κ3) is 4.53. The molecule has 1 N–H and O–H groups in total. The van der Waals surface area contributed by atoms with E-state index in [-0.39, 0.29) is 17.3 Å². The molecule has 4 aromatic rings. The zero-order valence-electron chi connectivity index (χ0n) is 16.7. The van der Waals surface area contributed by atoms with E-state index in [1.807, 2.05) is 24.3 Å². The Morgan fingerprint density at radius 3 is 2.48 bits per heavy atom. The lowest BCUT2D eigenvalue weighted by Crippen LogP contribution is -2.14. The van der Waals surface area contributed by atoms with Gasteiger partial charge in [-0.05, 0) is 65.7 Å². The number of nitrogens with zero attached hydrogens (tertiary/aromatic N) is 1. The van der Waals surface area contributed by atoms with Crippen LogP contribution >= 0.6 is 0 Å². The van der Waals surface area contributed by atoms with Crippen molar-refractivity contribution in [1.29, 1.82) is 0 Å². The van der Waals surface area contributed by atoms with Gasteiger partial charge >= 0.3 is 5.69 Å². The number of ether oxygens (including phenoxy) is 1. The fourth-order valence-electron chi connectivity index (χ4n) is 3.16. The maximum atomic E-state index is 13.2. The molecule has 4 rings (SSSR count). The molecule has 0 saturated carbocycles. The number of imidazole rings is 1. The number of aromatic amines is 1. The van der Waals surface area contributed by atoms with Crippen molar-refractivity contribution in [3.63, 3.8) is 0 Å². The number of methoxy groups -OCH3 is 1. The van der Waals surface area contributed by atoms with Crippen LogP contribution in [-0.4, -0.2) is 22.4 Å². The Morgan fingerprint density at radius 1 is 1.03 bits per heavy atom. The molecule has 0 fully saturated rings. The van der Waals surface area contributed by atoms with Gasteiger partial charge in [0, 0.05) is 11.8 Å². The van der Waals surface area contributed by atoms with Crippen LogP contribution in [0.4, 0.5) is 4.39 Å². The molecule has 0 aliphatic heterocycles. The molecule has 1 heterocycles. The van der Waals surface area contributed by atoms with Gasteiger partial charge in [0.15, 0.2) is 5.78 Å². The molecule has 5 nitrogen and oxygen atoms in total. The SMILES string of the molecule is COc1ccc(C=CC(=O)c2cccc(-n3cc(-c4ccc(F)cc4)[nH]c3=O)c2)cc1. The smallest absolute Gasteiger partial charge is 0.330 e. The standard InChI is InChI=1S/C25H19FN2O3/c1-31-22-12-5-17(6-13-22)7-14-24(29)19-3-2-4-21(15-19)28-16-23(27-25(28)30)18-8-10-20(26)11-9-18/h2-16H,1H3,(H,27,30). The van der Waals surface area contributed by atoms with Crippen molar-refractivity contribution in [3.8, 4) is 22.7 Å². The fraction of sp³-hybridized carbons (Fsp3) is 0.0400. The van der Waals surface area contributed by atoms with E-state index in [4.69, 9.17) is 4.74 Å².